The molecular formula is C22H35NO3. The Hall–Kier alpha value is -1.73. The van der Waals surface area contributed by atoms with Crippen LogP contribution in [0.2, 0.25) is 0 Å². The van der Waals surface area contributed by atoms with Crippen LogP contribution < -0.4 is 0 Å². The van der Waals surface area contributed by atoms with Gasteiger partial charge in [0.15, 0.2) is 0 Å². The lowest BCUT2D eigenvalue weighted by Gasteiger charge is -2.45. The molecule has 1 rings (SSSR count). The van der Waals surface area contributed by atoms with Crippen molar-refractivity contribution < 1.29 is 14.3 Å². The molecule has 0 aromatic carbocycles. The second-order valence-electron chi connectivity index (χ2n) is 7.74. The van der Waals surface area contributed by atoms with E-state index in [0.717, 1.165) is 32.1 Å². The first kappa shape index (κ1) is 22.3. The van der Waals surface area contributed by atoms with Gasteiger partial charge in [0, 0.05) is 6.54 Å². The first-order valence-corrected chi connectivity index (χ1v) is 9.67. The third-order valence-corrected chi connectivity index (χ3v) is 4.46. The molecule has 1 aliphatic rings. The predicted molar refractivity (Wildman–Crippen MR) is 107 cm³/mol. The lowest BCUT2D eigenvalue weighted by molar-refractivity contribution is -0.0734. The molecule has 1 saturated heterocycles. The largest absolute Gasteiger partial charge is 0.444 e. The van der Waals surface area contributed by atoms with Gasteiger partial charge in [-0.2, -0.15) is 0 Å². The van der Waals surface area contributed by atoms with E-state index >= 15 is 0 Å². The van der Waals surface area contributed by atoms with Crippen molar-refractivity contribution in [3.8, 4) is 12.3 Å². The molecule has 0 bridgehead atoms. The number of hydrogen-bond acceptors (Lipinski definition) is 3. The maximum atomic E-state index is 12.8. The van der Waals surface area contributed by atoms with Gasteiger partial charge in [-0.15, -0.1) is 13.0 Å². The summed E-state index contributed by atoms with van der Waals surface area (Å²) in [4.78, 5) is 14.6. The Morgan fingerprint density at radius 2 is 2.08 bits per heavy atom. The van der Waals surface area contributed by atoms with Crippen LogP contribution in [0.3, 0.4) is 0 Å². The minimum atomic E-state index is -0.830. The number of amides is 1. The Labute approximate surface area is 159 Å². The summed E-state index contributed by atoms with van der Waals surface area (Å²) in [7, 11) is 0. The second-order valence-corrected chi connectivity index (χ2v) is 7.74. The minimum absolute atomic E-state index is 0.189. The molecule has 1 amide bonds. The number of piperidine rings is 1. The number of terminal acetylenes is 1. The van der Waals surface area contributed by atoms with Crippen molar-refractivity contribution in [2.45, 2.75) is 83.5 Å². The van der Waals surface area contributed by atoms with Crippen LogP contribution in [0.15, 0.2) is 24.8 Å². The molecule has 0 radical (unpaired) electrons. The normalized spacial score (nSPS) is 20.4. The van der Waals surface area contributed by atoms with Crippen molar-refractivity contribution in [3.05, 3.63) is 24.8 Å². The average molecular weight is 362 g/mol. The van der Waals surface area contributed by atoms with Crippen molar-refractivity contribution >= 4 is 6.09 Å². The van der Waals surface area contributed by atoms with E-state index in [1.807, 2.05) is 20.8 Å². The Morgan fingerprint density at radius 3 is 2.65 bits per heavy atom. The molecule has 0 spiro atoms. The number of carbonyl (C=O) groups excluding carboxylic acids is 1. The van der Waals surface area contributed by atoms with Gasteiger partial charge in [-0.25, -0.2) is 4.79 Å². The maximum Gasteiger partial charge on any atom is 0.410 e. The molecule has 1 aliphatic heterocycles. The highest BCUT2D eigenvalue weighted by Gasteiger charge is 2.45. The van der Waals surface area contributed by atoms with Gasteiger partial charge < -0.3 is 14.4 Å². The van der Waals surface area contributed by atoms with Crippen molar-refractivity contribution in [1.82, 2.24) is 4.90 Å². The zero-order chi connectivity index (χ0) is 19.6. The van der Waals surface area contributed by atoms with Crippen molar-refractivity contribution in [2.24, 2.45) is 0 Å². The second kappa shape index (κ2) is 10.4. The highest BCUT2D eigenvalue weighted by Crippen LogP contribution is 2.34. The third-order valence-electron chi connectivity index (χ3n) is 4.46. The molecule has 0 aromatic heterocycles. The van der Waals surface area contributed by atoms with E-state index < -0.39 is 11.2 Å². The van der Waals surface area contributed by atoms with Crippen LogP contribution in [-0.2, 0) is 9.47 Å². The molecule has 0 aliphatic carbocycles. The van der Waals surface area contributed by atoms with Crippen molar-refractivity contribution in [2.75, 3.05) is 13.2 Å². The highest BCUT2D eigenvalue weighted by atomic mass is 16.6. The zero-order valence-corrected chi connectivity index (χ0v) is 16.9. The number of rotatable bonds is 8. The average Bonchev–Trinajstić information content (AvgIpc) is 2.60. The van der Waals surface area contributed by atoms with Crippen LogP contribution in [0.1, 0.15) is 66.2 Å². The smallest absolute Gasteiger partial charge is 0.410 e. The van der Waals surface area contributed by atoms with E-state index in [0.29, 0.717) is 19.6 Å². The lowest BCUT2D eigenvalue weighted by Crippen LogP contribution is -2.58. The van der Waals surface area contributed by atoms with E-state index in [1.165, 1.54) is 0 Å². The van der Waals surface area contributed by atoms with E-state index in [1.54, 1.807) is 11.0 Å². The Balaban J connectivity index is 3.08. The molecule has 0 unspecified atom stereocenters. The fourth-order valence-electron chi connectivity index (χ4n) is 3.29. The third kappa shape index (κ3) is 6.53. The first-order valence-electron chi connectivity index (χ1n) is 9.67. The van der Waals surface area contributed by atoms with Crippen LogP contribution >= 0.6 is 0 Å². The number of allylic oxidation sites excluding steroid dienone is 2. The van der Waals surface area contributed by atoms with Gasteiger partial charge in [-0.1, -0.05) is 31.1 Å². The SMILES string of the molecule is C#C[C@](CC/C=C\CC)(OCC=C)[C@H]1CCCCN1C(=O)OC(C)(C)C. The minimum Gasteiger partial charge on any atom is -0.444 e. The summed E-state index contributed by atoms with van der Waals surface area (Å²) < 4.78 is 11.7. The van der Waals surface area contributed by atoms with Crippen LogP contribution in [0, 0.1) is 12.3 Å². The molecule has 0 saturated carbocycles. The topological polar surface area (TPSA) is 38.8 Å². The summed E-state index contributed by atoms with van der Waals surface area (Å²) in [5.74, 6) is 2.89. The van der Waals surface area contributed by atoms with E-state index in [-0.39, 0.29) is 12.1 Å². The molecule has 2 atom stereocenters. The van der Waals surface area contributed by atoms with Gasteiger partial charge in [-0.3, -0.25) is 0 Å². The quantitative estimate of drug-likeness (QED) is 0.446. The number of ether oxygens (including phenoxy) is 2. The summed E-state index contributed by atoms with van der Waals surface area (Å²) >= 11 is 0. The number of hydrogen-bond donors (Lipinski definition) is 0. The summed E-state index contributed by atoms with van der Waals surface area (Å²) in [5.41, 5.74) is -1.37. The van der Waals surface area contributed by atoms with Crippen LogP contribution in [0.5, 0.6) is 0 Å². The first-order chi connectivity index (χ1) is 12.3. The molecule has 1 heterocycles. The Bertz CT molecular complexity index is 526. The van der Waals surface area contributed by atoms with E-state index in [4.69, 9.17) is 15.9 Å². The fraction of sp³-hybridized carbons (Fsp3) is 0.682. The zero-order valence-electron chi connectivity index (χ0n) is 16.9. The van der Waals surface area contributed by atoms with Gasteiger partial charge in [0.25, 0.3) is 0 Å². The number of carbonyl (C=O) groups is 1. The monoisotopic (exact) mass is 361 g/mol. The van der Waals surface area contributed by atoms with E-state index in [9.17, 15) is 4.79 Å². The molecule has 0 N–H and O–H groups in total. The molecule has 26 heavy (non-hydrogen) atoms. The summed E-state index contributed by atoms with van der Waals surface area (Å²) in [6, 6.07) is -0.189. The molecular weight excluding hydrogens is 326 g/mol. The van der Waals surface area contributed by atoms with Gasteiger partial charge >= 0.3 is 6.09 Å². The van der Waals surface area contributed by atoms with Gasteiger partial charge in [0.1, 0.15) is 11.2 Å². The Kier molecular flexibility index (Phi) is 8.95. The van der Waals surface area contributed by atoms with E-state index in [2.05, 4.69) is 31.6 Å². The summed E-state index contributed by atoms with van der Waals surface area (Å²) in [6.45, 7) is 12.5. The molecule has 146 valence electrons. The van der Waals surface area contributed by atoms with Gasteiger partial charge in [0.2, 0.25) is 0 Å². The molecule has 4 nitrogen and oxygen atoms in total. The highest BCUT2D eigenvalue weighted by molar-refractivity contribution is 5.69. The predicted octanol–water partition coefficient (Wildman–Crippen LogP) is 5.10. The standard InChI is InChI=1S/C22H35NO3/c1-7-10-11-13-16-22(9-3,25-18-8-2)19-15-12-14-17-23(19)20(24)26-21(4,5)6/h3,8,10-11,19H,2,7,12-18H2,1,4-6H3/b11-10-/t19-,22-/m1/s1. The van der Waals surface area contributed by atoms with Crippen LogP contribution in [-0.4, -0.2) is 41.4 Å². The maximum absolute atomic E-state index is 12.8. The van der Waals surface area contributed by atoms with Crippen molar-refractivity contribution in [1.29, 1.82) is 0 Å². The molecule has 1 fully saturated rings. The summed E-state index contributed by atoms with van der Waals surface area (Å²) in [5, 5.41) is 0. The number of nitrogens with zero attached hydrogens (tertiary/aromatic N) is 1. The summed E-state index contributed by atoms with van der Waals surface area (Å²) in [6.07, 6.45) is 16.9. The van der Waals surface area contributed by atoms with Gasteiger partial charge in [-0.05, 0) is 59.3 Å². The molecule has 0 aromatic rings. The van der Waals surface area contributed by atoms with Crippen LogP contribution in [0.4, 0.5) is 4.79 Å². The van der Waals surface area contributed by atoms with Crippen molar-refractivity contribution in [3.63, 3.8) is 0 Å². The molecule has 4 heteroatoms. The number of likely N-dealkylation sites (tertiary alicyclic amines) is 1. The Morgan fingerprint density at radius 1 is 1.35 bits per heavy atom. The fourth-order valence-corrected chi connectivity index (χ4v) is 3.29. The lowest BCUT2D eigenvalue weighted by atomic mass is 9.83. The van der Waals surface area contributed by atoms with Crippen LogP contribution in [0.25, 0.3) is 0 Å². The van der Waals surface area contributed by atoms with Gasteiger partial charge in [0.05, 0.1) is 12.6 Å².